The first-order valence-corrected chi connectivity index (χ1v) is 8.85. The van der Waals surface area contributed by atoms with Crippen molar-refractivity contribution in [2.24, 2.45) is 5.16 Å². The van der Waals surface area contributed by atoms with E-state index in [1.54, 1.807) is 30.3 Å². The molecule has 2 aromatic rings. The standard InChI is InChI=1S/C21H19FN2O3/c1-2-3-4-18-12-20(24-27-18)14-5-7-15(8-6-14)21(25)26-17-10-9-16(13-23)19(22)11-17/h5-11,18H,2-4,12H2,1H3. The molecular weight excluding hydrogens is 347 g/mol. The third-order valence-corrected chi connectivity index (χ3v) is 4.34. The van der Waals surface area contributed by atoms with E-state index in [4.69, 9.17) is 14.8 Å². The molecule has 6 heteroatoms. The van der Waals surface area contributed by atoms with E-state index < -0.39 is 11.8 Å². The third-order valence-electron chi connectivity index (χ3n) is 4.34. The van der Waals surface area contributed by atoms with Gasteiger partial charge in [0.1, 0.15) is 23.7 Å². The number of rotatable bonds is 6. The van der Waals surface area contributed by atoms with Crippen LogP contribution in [-0.4, -0.2) is 17.8 Å². The van der Waals surface area contributed by atoms with Gasteiger partial charge in [0.2, 0.25) is 0 Å². The van der Waals surface area contributed by atoms with Gasteiger partial charge in [-0.2, -0.15) is 5.26 Å². The lowest BCUT2D eigenvalue weighted by Gasteiger charge is -2.07. The second-order valence-electron chi connectivity index (χ2n) is 6.33. The van der Waals surface area contributed by atoms with Crippen LogP contribution >= 0.6 is 0 Å². The second-order valence-corrected chi connectivity index (χ2v) is 6.33. The summed E-state index contributed by atoms with van der Waals surface area (Å²) >= 11 is 0. The molecule has 0 bridgehead atoms. The number of nitrogens with zero attached hydrogens (tertiary/aromatic N) is 2. The molecule has 2 aromatic carbocycles. The summed E-state index contributed by atoms with van der Waals surface area (Å²) < 4.78 is 18.8. The van der Waals surface area contributed by atoms with Crippen LogP contribution in [-0.2, 0) is 4.84 Å². The van der Waals surface area contributed by atoms with Crippen molar-refractivity contribution in [1.29, 1.82) is 5.26 Å². The first-order chi connectivity index (χ1) is 13.1. The molecular formula is C21H19FN2O3. The minimum atomic E-state index is -0.727. The maximum Gasteiger partial charge on any atom is 0.343 e. The average Bonchev–Trinajstić information content (AvgIpc) is 3.15. The van der Waals surface area contributed by atoms with Crippen LogP contribution in [0, 0.1) is 17.1 Å². The van der Waals surface area contributed by atoms with Crippen molar-refractivity contribution in [3.05, 3.63) is 65.0 Å². The Balaban J connectivity index is 1.63. The van der Waals surface area contributed by atoms with Crippen LogP contribution in [0.2, 0.25) is 0 Å². The molecule has 0 saturated heterocycles. The summed E-state index contributed by atoms with van der Waals surface area (Å²) in [5, 5.41) is 12.9. The van der Waals surface area contributed by atoms with Gasteiger partial charge in [0, 0.05) is 12.5 Å². The van der Waals surface area contributed by atoms with E-state index in [0.29, 0.717) is 5.56 Å². The Bertz CT molecular complexity index is 901. The van der Waals surface area contributed by atoms with E-state index in [-0.39, 0.29) is 17.4 Å². The normalized spacial score (nSPS) is 15.6. The van der Waals surface area contributed by atoms with Gasteiger partial charge in [-0.15, -0.1) is 0 Å². The molecule has 0 amide bonds. The van der Waals surface area contributed by atoms with Crippen molar-refractivity contribution in [3.63, 3.8) is 0 Å². The smallest absolute Gasteiger partial charge is 0.343 e. The van der Waals surface area contributed by atoms with Crippen LogP contribution in [0.15, 0.2) is 47.6 Å². The Kier molecular flexibility index (Phi) is 5.82. The highest BCUT2D eigenvalue weighted by atomic mass is 19.1. The lowest BCUT2D eigenvalue weighted by Crippen LogP contribution is -2.10. The summed E-state index contributed by atoms with van der Waals surface area (Å²) in [6.45, 7) is 2.14. The van der Waals surface area contributed by atoms with Gasteiger partial charge in [0.15, 0.2) is 0 Å². The van der Waals surface area contributed by atoms with E-state index in [1.165, 1.54) is 12.1 Å². The van der Waals surface area contributed by atoms with Crippen LogP contribution in [0.25, 0.3) is 0 Å². The summed E-state index contributed by atoms with van der Waals surface area (Å²) in [5.74, 6) is -1.28. The molecule has 1 unspecified atom stereocenters. The fourth-order valence-corrected chi connectivity index (χ4v) is 2.80. The van der Waals surface area contributed by atoms with Gasteiger partial charge in [0.25, 0.3) is 0 Å². The van der Waals surface area contributed by atoms with Crippen LogP contribution in [0.1, 0.15) is 54.1 Å². The summed E-state index contributed by atoms with van der Waals surface area (Å²) in [6, 6.07) is 12.3. The van der Waals surface area contributed by atoms with E-state index in [9.17, 15) is 9.18 Å². The van der Waals surface area contributed by atoms with E-state index in [1.807, 2.05) is 0 Å². The molecule has 1 atom stereocenters. The van der Waals surface area contributed by atoms with Gasteiger partial charge in [-0.3, -0.25) is 0 Å². The molecule has 0 radical (unpaired) electrons. The third kappa shape index (κ3) is 4.50. The molecule has 0 N–H and O–H groups in total. The Hall–Kier alpha value is -3.20. The SMILES string of the molecule is CCCCC1CC(c2ccc(C(=O)Oc3ccc(C#N)c(F)c3)cc2)=NO1. The van der Waals surface area contributed by atoms with Gasteiger partial charge >= 0.3 is 5.97 Å². The first-order valence-electron chi connectivity index (χ1n) is 8.85. The van der Waals surface area contributed by atoms with Crippen LogP contribution in [0.4, 0.5) is 4.39 Å². The zero-order valence-electron chi connectivity index (χ0n) is 14.9. The fourth-order valence-electron chi connectivity index (χ4n) is 2.80. The molecule has 3 rings (SSSR count). The number of nitriles is 1. The number of carbonyl (C=O) groups excluding carboxylic acids is 1. The van der Waals surface area contributed by atoms with Crippen molar-refractivity contribution in [2.45, 2.75) is 38.7 Å². The number of oxime groups is 1. The Morgan fingerprint density at radius 2 is 2.11 bits per heavy atom. The van der Waals surface area contributed by atoms with Gasteiger partial charge in [-0.1, -0.05) is 30.6 Å². The summed E-state index contributed by atoms with van der Waals surface area (Å²) in [4.78, 5) is 17.7. The molecule has 1 aliphatic rings. The zero-order chi connectivity index (χ0) is 19.2. The molecule has 138 valence electrons. The van der Waals surface area contributed by atoms with Crippen molar-refractivity contribution in [1.82, 2.24) is 0 Å². The van der Waals surface area contributed by atoms with Crippen molar-refractivity contribution >= 4 is 11.7 Å². The van der Waals surface area contributed by atoms with Crippen LogP contribution in [0.3, 0.4) is 0 Å². The van der Waals surface area contributed by atoms with E-state index in [2.05, 4.69) is 12.1 Å². The minimum absolute atomic E-state index is 0.0490. The van der Waals surface area contributed by atoms with Crippen molar-refractivity contribution in [3.8, 4) is 11.8 Å². The molecule has 0 saturated carbocycles. The fraction of sp³-hybridized carbons (Fsp3) is 0.286. The molecule has 0 fully saturated rings. The largest absolute Gasteiger partial charge is 0.423 e. The highest BCUT2D eigenvalue weighted by molar-refractivity contribution is 6.02. The monoisotopic (exact) mass is 366 g/mol. The predicted molar refractivity (Wildman–Crippen MR) is 98.1 cm³/mol. The Labute approximate surface area is 157 Å². The minimum Gasteiger partial charge on any atom is -0.423 e. The van der Waals surface area contributed by atoms with Crippen molar-refractivity contribution < 1.29 is 18.8 Å². The Morgan fingerprint density at radius 1 is 1.33 bits per heavy atom. The number of hydrogen-bond acceptors (Lipinski definition) is 5. The van der Waals surface area contributed by atoms with E-state index >= 15 is 0 Å². The maximum atomic E-state index is 13.6. The maximum absolute atomic E-state index is 13.6. The lowest BCUT2D eigenvalue weighted by molar-refractivity contribution is 0.0734. The highest BCUT2D eigenvalue weighted by Gasteiger charge is 2.22. The van der Waals surface area contributed by atoms with Gasteiger partial charge in [-0.25, -0.2) is 9.18 Å². The summed E-state index contributed by atoms with van der Waals surface area (Å²) in [7, 11) is 0. The highest BCUT2D eigenvalue weighted by Crippen LogP contribution is 2.22. The molecule has 0 aliphatic carbocycles. The molecule has 1 heterocycles. The lowest BCUT2D eigenvalue weighted by atomic mass is 10.0. The second kappa shape index (κ2) is 8.45. The number of ether oxygens (including phenoxy) is 1. The van der Waals surface area contributed by atoms with Crippen LogP contribution in [0.5, 0.6) is 5.75 Å². The summed E-state index contributed by atoms with van der Waals surface area (Å²) in [6.07, 6.45) is 4.09. The molecule has 5 nitrogen and oxygen atoms in total. The molecule has 1 aliphatic heterocycles. The van der Waals surface area contributed by atoms with Gasteiger partial charge < -0.3 is 9.57 Å². The molecule has 27 heavy (non-hydrogen) atoms. The number of unbranched alkanes of at least 4 members (excludes halogenated alkanes) is 1. The van der Waals surface area contributed by atoms with Gasteiger partial charge in [-0.05, 0) is 42.7 Å². The van der Waals surface area contributed by atoms with E-state index in [0.717, 1.165) is 43.0 Å². The first kappa shape index (κ1) is 18.6. The van der Waals surface area contributed by atoms with Gasteiger partial charge in [0.05, 0.1) is 16.8 Å². The topological polar surface area (TPSA) is 71.7 Å². The number of esters is 1. The molecule has 0 aromatic heterocycles. The van der Waals surface area contributed by atoms with Crippen molar-refractivity contribution in [2.75, 3.05) is 0 Å². The Morgan fingerprint density at radius 3 is 2.78 bits per heavy atom. The number of halogens is 1. The predicted octanol–water partition coefficient (Wildman–Crippen LogP) is 4.60. The summed E-state index contributed by atoms with van der Waals surface area (Å²) in [5.41, 5.74) is 2.00. The number of hydrogen-bond donors (Lipinski definition) is 0. The zero-order valence-corrected chi connectivity index (χ0v) is 14.9. The number of carbonyl (C=O) groups is 1. The number of benzene rings is 2. The van der Waals surface area contributed by atoms with Crippen LogP contribution < -0.4 is 4.74 Å². The quantitative estimate of drug-likeness (QED) is 0.553. The average molecular weight is 366 g/mol. The molecule has 0 spiro atoms.